The molecule has 0 radical (unpaired) electrons. The van der Waals surface area contributed by atoms with Crippen molar-refractivity contribution in [2.75, 3.05) is 19.6 Å². The van der Waals surface area contributed by atoms with E-state index in [4.69, 9.17) is 18.9 Å². The van der Waals surface area contributed by atoms with Crippen LogP contribution >= 0.6 is 7.44 Å². The molecule has 1 saturated heterocycles. The first-order valence-electron chi connectivity index (χ1n) is 13.4. The quantitative estimate of drug-likeness (QED) is 0.0710. The fourth-order valence-electron chi connectivity index (χ4n) is 3.84. The van der Waals surface area contributed by atoms with E-state index in [2.05, 4.69) is 16.8 Å². The molecule has 1 aromatic rings. The molecule has 1 aliphatic rings. The van der Waals surface area contributed by atoms with Crippen LogP contribution < -0.4 is 21.4 Å². The molecule has 1 fully saturated rings. The molecule has 16 heteroatoms. The zero-order chi connectivity index (χ0) is 30.8. The van der Waals surface area contributed by atoms with Crippen molar-refractivity contribution in [1.29, 1.82) is 0 Å². The van der Waals surface area contributed by atoms with Gasteiger partial charge in [-0.1, -0.05) is 33.3 Å². The number of carbonyl (C=O) groups excluding carboxylic acids is 2. The Balaban J connectivity index is 2.28. The Kier molecular flexibility index (Phi) is 13.1. The number of nitrogens with one attached hydrogen (secondary N) is 3. The van der Waals surface area contributed by atoms with Crippen LogP contribution in [0.3, 0.4) is 0 Å². The number of aliphatic hydroxyl groups excluding tert-OH is 2. The Morgan fingerprint density at radius 1 is 1.15 bits per heavy atom. The second kappa shape index (κ2) is 15.5. The molecule has 6 atom stereocenters. The van der Waals surface area contributed by atoms with E-state index >= 15 is 0 Å². The number of aromatic nitrogens is 2. The lowest BCUT2D eigenvalue weighted by atomic mass is 10.1. The minimum absolute atomic E-state index is 0.165. The number of nitrogens with zero attached hydrogens (tertiary/aromatic N) is 1. The number of carbonyl (C=O) groups is 2. The Morgan fingerprint density at radius 3 is 2.15 bits per heavy atom. The van der Waals surface area contributed by atoms with Gasteiger partial charge in [0.1, 0.15) is 30.6 Å². The zero-order valence-electron chi connectivity index (χ0n) is 23.7. The number of aromatic amines is 1. The van der Waals surface area contributed by atoms with Crippen molar-refractivity contribution >= 4 is 19.4 Å². The highest BCUT2D eigenvalue weighted by Crippen LogP contribution is 2.44. The van der Waals surface area contributed by atoms with Crippen LogP contribution in [0.1, 0.15) is 59.6 Å². The molecule has 0 bridgehead atoms. The van der Waals surface area contributed by atoms with Gasteiger partial charge in [-0.25, -0.2) is 15.0 Å². The summed E-state index contributed by atoms with van der Waals surface area (Å²) in [5.41, 5.74) is -1.61. The average Bonchev–Trinajstić information content (AvgIpc) is 3.17. The smallest absolute Gasteiger partial charge is 0.330 e. The topological polar surface area (TPSA) is 208 Å². The molecular formula is C25H41N4O11P. The highest BCUT2D eigenvalue weighted by Gasteiger charge is 2.55. The van der Waals surface area contributed by atoms with Crippen molar-refractivity contribution in [1.82, 2.24) is 19.7 Å². The fraction of sp³-hybridized carbons (Fsp3) is 0.680. The van der Waals surface area contributed by atoms with E-state index in [-0.39, 0.29) is 13.2 Å². The van der Waals surface area contributed by atoms with Gasteiger partial charge in [0.15, 0.2) is 6.23 Å². The van der Waals surface area contributed by atoms with Gasteiger partial charge in [-0.15, -0.1) is 0 Å². The van der Waals surface area contributed by atoms with E-state index < -0.39 is 73.3 Å². The van der Waals surface area contributed by atoms with E-state index in [1.54, 1.807) is 0 Å². The van der Waals surface area contributed by atoms with Crippen molar-refractivity contribution in [3.63, 3.8) is 0 Å². The highest BCUT2D eigenvalue weighted by molar-refractivity contribution is 7.59. The third kappa shape index (κ3) is 9.17. The van der Waals surface area contributed by atoms with Crippen LogP contribution in [0.2, 0.25) is 0 Å². The predicted molar refractivity (Wildman–Crippen MR) is 147 cm³/mol. The second-order valence-corrected chi connectivity index (χ2v) is 11.9. The predicted octanol–water partition coefficient (Wildman–Crippen LogP) is 0.480. The first kappa shape index (κ1) is 34.6. The molecule has 0 aliphatic carbocycles. The van der Waals surface area contributed by atoms with Gasteiger partial charge in [0, 0.05) is 12.3 Å². The summed E-state index contributed by atoms with van der Waals surface area (Å²) in [6.07, 6.45) is -0.938. The lowest BCUT2D eigenvalue weighted by molar-refractivity contribution is -0.227. The summed E-state index contributed by atoms with van der Waals surface area (Å²) in [4.78, 5) is 50.7. The van der Waals surface area contributed by atoms with Gasteiger partial charge in [-0.2, -0.15) is 0 Å². The van der Waals surface area contributed by atoms with Gasteiger partial charge in [0.2, 0.25) is 13.2 Å². The summed E-state index contributed by atoms with van der Waals surface area (Å²) < 4.78 is 36.7. The first-order chi connectivity index (χ1) is 19.3. The number of aliphatic hydroxyl groups is 2. The summed E-state index contributed by atoms with van der Waals surface area (Å²) >= 11 is 0. The summed E-state index contributed by atoms with van der Waals surface area (Å²) in [6, 6.07) is -1.20. The number of esters is 2. The number of rotatable bonds is 17. The van der Waals surface area contributed by atoms with Crippen molar-refractivity contribution in [2.45, 2.75) is 89.7 Å². The normalized spacial score (nSPS) is 24.0. The van der Waals surface area contributed by atoms with Crippen LogP contribution in [0.5, 0.6) is 0 Å². The number of hydrogen-bond donors (Lipinski definition) is 5. The fourth-order valence-corrected chi connectivity index (χ4v) is 5.91. The van der Waals surface area contributed by atoms with Crippen LogP contribution in [0.4, 0.5) is 0 Å². The molecule has 41 heavy (non-hydrogen) atoms. The van der Waals surface area contributed by atoms with Crippen molar-refractivity contribution < 1.29 is 43.3 Å². The molecule has 232 valence electrons. The maximum Gasteiger partial charge on any atom is 0.330 e. The van der Waals surface area contributed by atoms with E-state index in [9.17, 15) is 34.0 Å². The number of H-pyrrole nitrogens is 1. The molecule has 0 amide bonds. The Bertz CT molecular complexity index is 1170. The van der Waals surface area contributed by atoms with Crippen LogP contribution in [0.15, 0.2) is 34.5 Å². The molecule has 2 rings (SSSR count). The number of ether oxygens (including phenoxy) is 4. The molecule has 1 aromatic heterocycles. The Labute approximate surface area is 237 Å². The molecular weight excluding hydrogens is 563 g/mol. The average molecular weight is 605 g/mol. The summed E-state index contributed by atoms with van der Waals surface area (Å²) in [5, 5.41) is 26.8. The van der Waals surface area contributed by atoms with E-state index in [0.29, 0.717) is 12.8 Å². The van der Waals surface area contributed by atoms with Crippen molar-refractivity contribution in [3.05, 3.63) is 45.8 Å². The van der Waals surface area contributed by atoms with E-state index in [1.807, 2.05) is 18.8 Å². The second-order valence-electron chi connectivity index (χ2n) is 9.64. The molecule has 0 unspecified atom stereocenters. The maximum absolute atomic E-state index is 14.1. The van der Waals surface area contributed by atoms with E-state index in [1.165, 1.54) is 13.8 Å². The highest BCUT2D eigenvalue weighted by atomic mass is 31.2. The standard InChI is InChI=1S/C25H41N4O11P/c1-6-9-13-37-22(33)16(4)27-41(36,28-17(5)23(34)38-14-10-7-2)15-39-25(8-3)20(32)19(31)21(40-25)29-12-11-18(30)26-24(29)35/h8,11-12,16-17,19-21,31-32H,3,6-7,9-10,13-15H2,1-2,4-5H3,(H,26,30,35)(H2,27,28,36)/t16-,17-,19+,20-,21+,25-/m0/s1. The monoisotopic (exact) mass is 604 g/mol. The van der Waals surface area contributed by atoms with Crippen LogP contribution in [0.25, 0.3) is 0 Å². The summed E-state index contributed by atoms with van der Waals surface area (Å²) in [7, 11) is -4.04. The molecule has 2 heterocycles. The molecule has 0 spiro atoms. The minimum atomic E-state index is -4.04. The summed E-state index contributed by atoms with van der Waals surface area (Å²) in [6.45, 7) is 10.6. The van der Waals surface area contributed by atoms with Crippen LogP contribution in [0, 0.1) is 0 Å². The van der Waals surface area contributed by atoms with Crippen molar-refractivity contribution in [3.8, 4) is 0 Å². The Hall–Kier alpha value is -2.65. The van der Waals surface area contributed by atoms with Gasteiger partial charge in [0.05, 0.1) is 13.2 Å². The van der Waals surface area contributed by atoms with Crippen molar-refractivity contribution in [2.24, 2.45) is 0 Å². The first-order valence-corrected chi connectivity index (χ1v) is 15.3. The van der Waals surface area contributed by atoms with Gasteiger partial charge in [-0.05, 0) is 32.8 Å². The van der Waals surface area contributed by atoms with Gasteiger partial charge >= 0.3 is 17.6 Å². The van der Waals surface area contributed by atoms with Gasteiger partial charge in [-0.3, -0.25) is 28.5 Å². The summed E-state index contributed by atoms with van der Waals surface area (Å²) in [5.74, 6) is -3.57. The molecule has 1 aliphatic heterocycles. The SMILES string of the molecule is C=C[C@]1(OCP(=O)(N[C@@H](C)C(=O)OCCCC)N[C@@H](C)C(=O)OCCCC)O[C@@H](n2ccc(=O)[nH]c2=O)[C@H](O)[C@@H]1O. The minimum Gasteiger partial charge on any atom is -0.465 e. The number of unbranched alkanes of at least 4 members (excludes halogenated alkanes) is 2. The van der Waals surface area contributed by atoms with Gasteiger partial charge in [0.25, 0.3) is 5.56 Å². The molecule has 15 nitrogen and oxygen atoms in total. The third-order valence-corrected chi connectivity index (χ3v) is 8.31. The zero-order valence-corrected chi connectivity index (χ0v) is 24.6. The molecule has 0 saturated carbocycles. The van der Waals surface area contributed by atoms with Crippen LogP contribution in [-0.2, 0) is 33.1 Å². The molecule has 5 N–H and O–H groups in total. The largest absolute Gasteiger partial charge is 0.465 e. The Morgan fingerprint density at radius 2 is 1.68 bits per heavy atom. The third-order valence-electron chi connectivity index (χ3n) is 6.21. The lowest BCUT2D eigenvalue weighted by Crippen LogP contribution is -2.47. The lowest BCUT2D eigenvalue weighted by Gasteiger charge is -2.32. The van der Waals surface area contributed by atoms with Gasteiger partial charge < -0.3 is 29.2 Å². The van der Waals surface area contributed by atoms with Crippen LogP contribution in [-0.4, -0.2) is 81.3 Å². The van der Waals surface area contributed by atoms with E-state index in [0.717, 1.165) is 35.7 Å². The number of hydrogen-bond acceptors (Lipinski definition) is 11. The maximum atomic E-state index is 14.1. The molecule has 0 aromatic carbocycles.